The molecule has 0 radical (unpaired) electrons. The van der Waals surface area contributed by atoms with E-state index in [-0.39, 0.29) is 6.04 Å². The number of rotatable bonds is 8. The van der Waals surface area contributed by atoms with E-state index in [9.17, 15) is 0 Å². The zero-order valence-corrected chi connectivity index (χ0v) is 11.4. The first-order valence-electron chi connectivity index (χ1n) is 6.20. The first-order chi connectivity index (χ1) is 8.65. The second-order valence-corrected chi connectivity index (χ2v) is 4.28. The second kappa shape index (κ2) is 8.08. The van der Waals surface area contributed by atoms with Crippen LogP contribution in [0.15, 0.2) is 18.2 Å². The summed E-state index contributed by atoms with van der Waals surface area (Å²) in [5, 5.41) is 0. The van der Waals surface area contributed by atoms with E-state index in [2.05, 4.69) is 6.07 Å². The molecule has 0 amide bonds. The van der Waals surface area contributed by atoms with Gasteiger partial charge in [0.2, 0.25) is 0 Å². The molecule has 0 saturated carbocycles. The molecule has 18 heavy (non-hydrogen) atoms. The zero-order valence-electron chi connectivity index (χ0n) is 11.4. The van der Waals surface area contributed by atoms with Gasteiger partial charge in [-0.15, -0.1) is 0 Å². The monoisotopic (exact) mass is 253 g/mol. The molecule has 0 heterocycles. The Balaban J connectivity index is 2.42. The van der Waals surface area contributed by atoms with Gasteiger partial charge in [-0.1, -0.05) is 17.7 Å². The minimum atomic E-state index is -0.0330. The predicted octanol–water partition coefficient (Wildman–Crippen LogP) is 2.06. The minimum Gasteiger partial charge on any atom is -0.491 e. The third kappa shape index (κ3) is 5.04. The average molecular weight is 253 g/mol. The number of ether oxygens (including phenoxy) is 3. The third-order valence-corrected chi connectivity index (χ3v) is 2.57. The molecule has 0 bridgehead atoms. The van der Waals surface area contributed by atoms with Crippen molar-refractivity contribution in [2.45, 2.75) is 19.9 Å². The van der Waals surface area contributed by atoms with Crippen LogP contribution in [0.1, 0.15) is 24.1 Å². The van der Waals surface area contributed by atoms with Crippen LogP contribution >= 0.6 is 0 Å². The summed E-state index contributed by atoms with van der Waals surface area (Å²) in [5.41, 5.74) is 8.15. The van der Waals surface area contributed by atoms with Crippen molar-refractivity contribution in [3.05, 3.63) is 29.3 Å². The van der Waals surface area contributed by atoms with Crippen LogP contribution in [-0.4, -0.2) is 33.5 Å². The summed E-state index contributed by atoms with van der Waals surface area (Å²) in [6.45, 7) is 6.27. The molecule has 0 aliphatic carbocycles. The van der Waals surface area contributed by atoms with Crippen molar-refractivity contribution in [2.24, 2.45) is 5.73 Å². The van der Waals surface area contributed by atoms with Gasteiger partial charge in [-0.3, -0.25) is 0 Å². The number of nitrogens with two attached hydrogens (primary N) is 1. The molecule has 0 saturated heterocycles. The molecule has 1 aromatic carbocycles. The van der Waals surface area contributed by atoms with Crippen LogP contribution in [0.25, 0.3) is 0 Å². The fraction of sp³-hybridized carbons (Fsp3) is 0.571. The quantitative estimate of drug-likeness (QED) is 0.720. The third-order valence-electron chi connectivity index (χ3n) is 2.57. The van der Waals surface area contributed by atoms with Gasteiger partial charge in [0.25, 0.3) is 0 Å². The van der Waals surface area contributed by atoms with Gasteiger partial charge < -0.3 is 19.9 Å². The molecule has 4 nitrogen and oxygen atoms in total. The summed E-state index contributed by atoms with van der Waals surface area (Å²) in [4.78, 5) is 0. The lowest BCUT2D eigenvalue weighted by Gasteiger charge is -2.14. The molecular formula is C14H23NO3. The highest BCUT2D eigenvalue weighted by Crippen LogP contribution is 2.24. The van der Waals surface area contributed by atoms with E-state index < -0.39 is 0 Å². The topological polar surface area (TPSA) is 53.7 Å². The Morgan fingerprint density at radius 1 is 1.17 bits per heavy atom. The summed E-state index contributed by atoms with van der Waals surface area (Å²) >= 11 is 0. The Bertz CT molecular complexity index is 353. The van der Waals surface area contributed by atoms with E-state index in [1.165, 1.54) is 5.56 Å². The summed E-state index contributed by atoms with van der Waals surface area (Å²) < 4.78 is 15.9. The molecule has 0 spiro atoms. The summed E-state index contributed by atoms with van der Waals surface area (Å²) in [6.07, 6.45) is 0. The van der Waals surface area contributed by atoms with E-state index >= 15 is 0 Å². The van der Waals surface area contributed by atoms with E-state index in [0.29, 0.717) is 26.4 Å². The molecule has 1 atom stereocenters. The lowest BCUT2D eigenvalue weighted by atomic mass is 10.1. The van der Waals surface area contributed by atoms with Crippen LogP contribution in [-0.2, 0) is 9.47 Å². The number of hydrogen-bond donors (Lipinski definition) is 1. The van der Waals surface area contributed by atoms with Crippen molar-refractivity contribution in [2.75, 3.05) is 33.5 Å². The van der Waals surface area contributed by atoms with Gasteiger partial charge in [-0.05, 0) is 19.9 Å². The maximum Gasteiger partial charge on any atom is 0.124 e. The molecule has 102 valence electrons. The maximum absolute atomic E-state index is 5.93. The first kappa shape index (κ1) is 15.0. The van der Waals surface area contributed by atoms with Gasteiger partial charge in [0, 0.05) is 18.7 Å². The van der Waals surface area contributed by atoms with Crippen LogP contribution in [0.4, 0.5) is 0 Å². The van der Waals surface area contributed by atoms with Gasteiger partial charge in [-0.25, -0.2) is 0 Å². The normalized spacial score (nSPS) is 12.4. The molecule has 0 unspecified atom stereocenters. The molecule has 4 heteroatoms. The molecule has 1 rings (SSSR count). The summed E-state index contributed by atoms with van der Waals surface area (Å²) in [6, 6.07) is 6.01. The molecule has 0 aliphatic heterocycles. The Morgan fingerprint density at radius 3 is 2.56 bits per heavy atom. The van der Waals surface area contributed by atoms with Gasteiger partial charge >= 0.3 is 0 Å². The van der Waals surface area contributed by atoms with Gasteiger partial charge in [0.15, 0.2) is 0 Å². The summed E-state index contributed by atoms with van der Waals surface area (Å²) in [7, 11) is 1.65. The van der Waals surface area contributed by atoms with Crippen LogP contribution in [0.3, 0.4) is 0 Å². The highest BCUT2D eigenvalue weighted by Gasteiger charge is 2.08. The molecule has 2 N–H and O–H groups in total. The van der Waals surface area contributed by atoms with Gasteiger partial charge in [0.1, 0.15) is 12.4 Å². The van der Waals surface area contributed by atoms with E-state index in [4.69, 9.17) is 19.9 Å². The second-order valence-electron chi connectivity index (χ2n) is 4.28. The van der Waals surface area contributed by atoms with Crippen LogP contribution in [0.5, 0.6) is 5.75 Å². The highest BCUT2D eigenvalue weighted by atomic mass is 16.5. The molecular weight excluding hydrogens is 230 g/mol. The van der Waals surface area contributed by atoms with Crippen molar-refractivity contribution < 1.29 is 14.2 Å². The molecule has 0 aliphatic rings. The smallest absolute Gasteiger partial charge is 0.124 e. The molecule has 0 aromatic heterocycles. The molecule has 1 aromatic rings. The lowest BCUT2D eigenvalue weighted by molar-refractivity contribution is 0.0542. The average Bonchev–Trinajstić information content (AvgIpc) is 2.35. The number of methoxy groups -OCH3 is 1. The van der Waals surface area contributed by atoms with Crippen molar-refractivity contribution >= 4 is 0 Å². The van der Waals surface area contributed by atoms with Crippen molar-refractivity contribution in [3.63, 3.8) is 0 Å². The van der Waals surface area contributed by atoms with E-state index in [0.717, 1.165) is 11.3 Å². The lowest BCUT2D eigenvalue weighted by Crippen LogP contribution is -2.13. The van der Waals surface area contributed by atoms with Crippen molar-refractivity contribution in [3.8, 4) is 5.75 Å². The van der Waals surface area contributed by atoms with Crippen LogP contribution in [0.2, 0.25) is 0 Å². The fourth-order valence-corrected chi connectivity index (χ4v) is 1.61. The highest BCUT2D eigenvalue weighted by molar-refractivity contribution is 5.38. The maximum atomic E-state index is 5.93. The number of benzene rings is 1. The van der Waals surface area contributed by atoms with Crippen LogP contribution in [0, 0.1) is 6.92 Å². The number of hydrogen-bond acceptors (Lipinski definition) is 4. The SMILES string of the molecule is COCCOCCOc1ccc(C)cc1[C@H](C)N. The minimum absolute atomic E-state index is 0.0330. The Hall–Kier alpha value is -1.10. The van der Waals surface area contributed by atoms with Crippen LogP contribution < -0.4 is 10.5 Å². The number of aryl methyl sites for hydroxylation is 1. The van der Waals surface area contributed by atoms with Crippen molar-refractivity contribution in [1.82, 2.24) is 0 Å². The Kier molecular flexibility index (Phi) is 6.72. The predicted molar refractivity (Wildman–Crippen MR) is 72.0 cm³/mol. The molecule has 0 fully saturated rings. The fourth-order valence-electron chi connectivity index (χ4n) is 1.61. The standard InChI is InChI=1S/C14H23NO3/c1-11-4-5-14(13(10-11)12(2)15)18-9-8-17-7-6-16-3/h4-5,10,12H,6-9,15H2,1-3H3/t12-/m0/s1. The largest absolute Gasteiger partial charge is 0.491 e. The summed E-state index contributed by atoms with van der Waals surface area (Å²) in [5.74, 6) is 0.839. The zero-order chi connectivity index (χ0) is 13.4. The first-order valence-corrected chi connectivity index (χ1v) is 6.20. The Morgan fingerprint density at radius 2 is 1.89 bits per heavy atom. The van der Waals surface area contributed by atoms with E-state index in [1.807, 2.05) is 26.0 Å². The van der Waals surface area contributed by atoms with Gasteiger partial charge in [0.05, 0.1) is 19.8 Å². The van der Waals surface area contributed by atoms with E-state index in [1.54, 1.807) is 7.11 Å². The Labute approximate surface area is 109 Å². The van der Waals surface area contributed by atoms with Gasteiger partial charge in [-0.2, -0.15) is 0 Å². The van der Waals surface area contributed by atoms with Crippen molar-refractivity contribution in [1.29, 1.82) is 0 Å².